The molecule has 0 spiro atoms. The molecule has 32 heavy (non-hydrogen) atoms. The van der Waals surface area contributed by atoms with Crippen LogP contribution in [0.1, 0.15) is 73.6 Å². The zero-order valence-electron chi connectivity index (χ0n) is 19.1. The Kier molecular flexibility index (Phi) is 9.88. The summed E-state index contributed by atoms with van der Waals surface area (Å²) < 4.78 is 11.0. The molecule has 0 saturated heterocycles. The van der Waals surface area contributed by atoms with Crippen LogP contribution in [0, 0.1) is 5.92 Å². The third-order valence-corrected chi connectivity index (χ3v) is 5.93. The summed E-state index contributed by atoms with van der Waals surface area (Å²) in [7, 11) is 0. The van der Waals surface area contributed by atoms with E-state index in [4.69, 9.17) is 9.47 Å². The highest BCUT2D eigenvalue weighted by molar-refractivity contribution is 5.90. The minimum atomic E-state index is -1.19. The molecule has 6 heteroatoms. The molecule has 2 aromatic carbocycles. The van der Waals surface area contributed by atoms with Gasteiger partial charge in [0.05, 0.1) is 22.8 Å². The van der Waals surface area contributed by atoms with Crippen LogP contribution in [0.3, 0.4) is 0 Å². The van der Waals surface area contributed by atoms with Gasteiger partial charge in [-0.3, -0.25) is 0 Å². The zero-order valence-corrected chi connectivity index (χ0v) is 19.1. The van der Waals surface area contributed by atoms with E-state index in [0.29, 0.717) is 24.0 Å². The molecule has 0 aliphatic carbocycles. The maximum atomic E-state index is 12.6. The summed E-state index contributed by atoms with van der Waals surface area (Å²) in [6.45, 7) is 5.63. The predicted octanol–water partition coefficient (Wildman–Crippen LogP) is 4.74. The molecular formula is C26H34O6. The molecule has 2 aromatic rings. The zero-order chi connectivity index (χ0) is 23.6. The van der Waals surface area contributed by atoms with Crippen molar-refractivity contribution in [3.8, 4) is 0 Å². The van der Waals surface area contributed by atoms with Crippen LogP contribution in [-0.2, 0) is 9.47 Å². The Morgan fingerprint density at radius 2 is 1.34 bits per heavy atom. The molecule has 2 rings (SSSR count). The predicted molar refractivity (Wildman–Crippen MR) is 122 cm³/mol. The molecule has 3 unspecified atom stereocenters. The maximum absolute atomic E-state index is 12.6. The van der Waals surface area contributed by atoms with Crippen LogP contribution < -0.4 is 0 Å². The first-order chi connectivity index (χ1) is 15.3. The molecule has 3 atom stereocenters. The lowest BCUT2D eigenvalue weighted by Gasteiger charge is -2.37. The van der Waals surface area contributed by atoms with Crippen molar-refractivity contribution in [1.82, 2.24) is 0 Å². The van der Waals surface area contributed by atoms with E-state index in [1.807, 2.05) is 20.8 Å². The minimum Gasteiger partial charge on any atom is -0.422 e. The highest BCUT2D eigenvalue weighted by Crippen LogP contribution is 2.32. The number of carbonyl (C=O) groups excluding carboxylic acids is 2. The number of esters is 2. The van der Waals surface area contributed by atoms with Gasteiger partial charge in [-0.05, 0) is 43.5 Å². The van der Waals surface area contributed by atoms with Gasteiger partial charge < -0.3 is 19.7 Å². The van der Waals surface area contributed by atoms with Gasteiger partial charge in [-0.15, -0.1) is 0 Å². The Hall–Kier alpha value is -2.70. The largest absolute Gasteiger partial charge is 0.422 e. The fourth-order valence-corrected chi connectivity index (χ4v) is 3.66. The lowest BCUT2D eigenvalue weighted by molar-refractivity contribution is -0.113. The Morgan fingerprint density at radius 1 is 0.875 bits per heavy atom. The van der Waals surface area contributed by atoms with Crippen molar-refractivity contribution in [2.45, 2.75) is 70.9 Å². The van der Waals surface area contributed by atoms with Crippen LogP contribution >= 0.6 is 0 Å². The Morgan fingerprint density at radius 3 is 1.75 bits per heavy atom. The van der Waals surface area contributed by atoms with Gasteiger partial charge in [-0.25, -0.2) is 9.59 Å². The van der Waals surface area contributed by atoms with Crippen LogP contribution in [0.15, 0.2) is 60.7 Å². The lowest BCUT2D eigenvalue weighted by Crippen LogP contribution is -2.43. The van der Waals surface area contributed by atoms with Gasteiger partial charge in [0.1, 0.15) is 0 Å². The smallest absolute Gasteiger partial charge is 0.341 e. The van der Waals surface area contributed by atoms with Crippen LogP contribution in [-0.4, -0.2) is 40.1 Å². The number of aliphatic hydroxyl groups is 2. The first-order valence-corrected chi connectivity index (χ1v) is 11.2. The third kappa shape index (κ3) is 7.18. The van der Waals surface area contributed by atoms with Gasteiger partial charge in [-0.2, -0.15) is 0 Å². The molecule has 0 bridgehead atoms. The number of rotatable bonds is 12. The van der Waals surface area contributed by atoms with Crippen molar-refractivity contribution in [2.75, 3.05) is 0 Å². The second kappa shape index (κ2) is 12.4. The van der Waals surface area contributed by atoms with Crippen molar-refractivity contribution in [3.63, 3.8) is 0 Å². The Labute approximate surface area is 190 Å². The van der Waals surface area contributed by atoms with Crippen molar-refractivity contribution in [2.24, 2.45) is 5.92 Å². The quantitative estimate of drug-likeness (QED) is 0.364. The number of hydrogen-bond donors (Lipinski definition) is 2. The van der Waals surface area contributed by atoms with Gasteiger partial charge in [0, 0.05) is 12.3 Å². The average molecular weight is 443 g/mol. The van der Waals surface area contributed by atoms with Crippen molar-refractivity contribution >= 4 is 11.9 Å². The fourth-order valence-electron chi connectivity index (χ4n) is 3.66. The monoisotopic (exact) mass is 442 g/mol. The normalized spacial score (nSPS) is 14.9. The first kappa shape index (κ1) is 25.6. The van der Waals surface area contributed by atoms with Crippen LogP contribution in [0.4, 0.5) is 0 Å². The van der Waals surface area contributed by atoms with E-state index < -0.39 is 29.9 Å². The maximum Gasteiger partial charge on any atom is 0.341 e. The topological polar surface area (TPSA) is 93.1 Å². The van der Waals surface area contributed by atoms with Crippen molar-refractivity contribution in [3.05, 3.63) is 71.8 Å². The van der Waals surface area contributed by atoms with E-state index in [2.05, 4.69) is 0 Å². The highest BCUT2D eigenvalue weighted by Gasteiger charge is 2.37. The molecule has 6 nitrogen and oxygen atoms in total. The molecule has 0 fully saturated rings. The highest BCUT2D eigenvalue weighted by atomic mass is 16.7. The summed E-state index contributed by atoms with van der Waals surface area (Å²) >= 11 is 0. The van der Waals surface area contributed by atoms with Gasteiger partial charge in [0.15, 0.2) is 0 Å². The van der Waals surface area contributed by atoms with Crippen molar-refractivity contribution in [1.29, 1.82) is 0 Å². The summed E-state index contributed by atoms with van der Waals surface area (Å²) in [6.07, 6.45) is 0.258. The van der Waals surface area contributed by atoms with Crippen LogP contribution in [0.5, 0.6) is 0 Å². The molecule has 0 amide bonds. The number of hydrogen-bond acceptors (Lipinski definition) is 6. The van der Waals surface area contributed by atoms with E-state index in [1.54, 1.807) is 60.7 Å². The molecule has 0 saturated carbocycles. The van der Waals surface area contributed by atoms with Crippen molar-refractivity contribution < 1.29 is 29.3 Å². The summed E-state index contributed by atoms with van der Waals surface area (Å²) in [5, 5.41) is 21.6. The molecule has 174 valence electrons. The van der Waals surface area contributed by atoms with E-state index in [0.717, 1.165) is 6.42 Å². The first-order valence-electron chi connectivity index (χ1n) is 11.2. The average Bonchev–Trinajstić information content (AvgIpc) is 2.83. The van der Waals surface area contributed by atoms with E-state index >= 15 is 0 Å². The summed E-state index contributed by atoms with van der Waals surface area (Å²) in [5.74, 6) is -1.62. The second-order valence-corrected chi connectivity index (χ2v) is 8.11. The fraction of sp³-hybridized carbons (Fsp3) is 0.462. The lowest BCUT2D eigenvalue weighted by atomic mass is 9.78. The molecule has 0 aromatic heterocycles. The summed E-state index contributed by atoms with van der Waals surface area (Å²) in [5.41, 5.74) is -0.512. The summed E-state index contributed by atoms with van der Waals surface area (Å²) in [6, 6.07) is 16.9. The third-order valence-electron chi connectivity index (χ3n) is 5.93. The van der Waals surface area contributed by atoms with Gasteiger partial charge in [0.2, 0.25) is 6.29 Å². The Bertz CT molecular complexity index is 784. The van der Waals surface area contributed by atoms with Gasteiger partial charge in [-0.1, -0.05) is 63.6 Å². The molecule has 0 heterocycles. The second-order valence-electron chi connectivity index (χ2n) is 8.11. The SMILES string of the molecule is CCCC(O)C(C)C(O)(CC)CCC(OC(=O)c1ccccc1)OC(=O)c1ccccc1. The van der Waals surface area contributed by atoms with E-state index in [1.165, 1.54) is 0 Å². The molecular weight excluding hydrogens is 408 g/mol. The van der Waals surface area contributed by atoms with E-state index in [-0.39, 0.29) is 18.8 Å². The minimum absolute atomic E-state index is 0.102. The summed E-state index contributed by atoms with van der Waals surface area (Å²) in [4.78, 5) is 25.2. The molecule has 2 N–H and O–H groups in total. The number of aliphatic hydroxyl groups excluding tert-OH is 1. The van der Waals surface area contributed by atoms with Crippen LogP contribution in [0.25, 0.3) is 0 Å². The molecule has 0 aliphatic rings. The number of ether oxygens (including phenoxy) is 2. The Balaban J connectivity index is 2.15. The number of benzene rings is 2. The van der Waals surface area contributed by atoms with Gasteiger partial charge in [0.25, 0.3) is 0 Å². The van der Waals surface area contributed by atoms with Crippen LogP contribution in [0.2, 0.25) is 0 Å². The number of carbonyl (C=O) groups is 2. The van der Waals surface area contributed by atoms with E-state index in [9.17, 15) is 19.8 Å². The molecule has 0 radical (unpaired) electrons. The standard InChI is InChI=1S/C26H34O6/c1-4-12-22(27)19(3)26(30,5-2)18-17-23(31-24(28)20-13-8-6-9-14-20)32-25(29)21-15-10-7-11-16-21/h6-11,13-16,19,22-23,27,30H,4-5,12,17-18H2,1-3H3. The molecule has 0 aliphatic heterocycles. The van der Waals surface area contributed by atoms with Gasteiger partial charge >= 0.3 is 11.9 Å².